The molecule has 0 spiro atoms. The van der Waals surface area contributed by atoms with Gasteiger partial charge >= 0.3 is 0 Å². The minimum absolute atomic E-state index is 0.0671. The van der Waals surface area contributed by atoms with Gasteiger partial charge in [-0.2, -0.15) is 5.10 Å². The topological polar surface area (TPSA) is 58.4 Å². The van der Waals surface area contributed by atoms with Crippen molar-refractivity contribution < 1.29 is 14.0 Å². The van der Waals surface area contributed by atoms with Gasteiger partial charge in [0, 0.05) is 26.7 Å². The largest absolute Gasteiger partial charge is 0.341 e. The number of aromatic nitrogens is 2. The van der Waals surface area contributed by atoms with E-state index in [2.05, 4.69) is 12.0 Å². The maximum atomic E-state index is 13.2. The van der Waals surface area contributed by atoms with E-state index >= 15 is 0 Å². The number of likely N-dealkylation sites (tertiary alicyclic amines) is 2. The summed E-state index contributed by atoms with van der Waals surface area (Å²) in [4.78, 5) is 29.8. The normalized spacial score (nSPS) is 20.3. The van der Waals surface area contributed by atoms with Crippen LogP contribution in [0.5, 0.6) is 0 Å². The summed E-state index contributed by atoms with van der Waals surface area (Å²) < 4.78 is 14.8. The third-order valence-corrected chi connectivity index (χ3v) is 6.13. The van der Waals surface area contributed by atoms with Crippen molar-refractivity contribution in [1.29, 1.82) is 0 Å². The van der Waals surface area contributed by atoms with Crippen LogP contribution in [0.25, 0.3) is 11.3 Å². The van der Waals surface area contributed by atoms with E-state index in [0.717, 1.165) is 43.6 Å². The first-order valence-electron chi connectivity index (χ1n) is 10.3. The monoisotopic (exact) mass is 398 g/mol. The zero-order chi connectivity index (χ0) is 20.5. The van der Waals surface area contributed by atoms with Gasteiger partial charge in [-0.3, -0.25) is 14.3 Å². The SMILES string of the molecule is CC1CCN(C(=O)[C@H]2CCCN2C(=O)c2cc(-c3ccc(F)cc3)n(C)n2)CC1. The first kappa shape index (κ1) is 19.6. The molecule has 1 aromatic carbocycles. The van der Waals surface area contributed by atoms with Gasteiger partial charge in [-0.1, -0.05) is 6.92 Å². The molecule has 2 aliphatic rings. The lowest BCUT2D eigenvalue weighted by atomic mass is 9.98. The second-order valence-corrected chi connectivity index (χ2v) is 8.21. The summed E-state index contributed by atoms with van der Waals surface area (Å²) in [7, 11) is 1.76. The van der Waals surface area contributed by atoms with Gasteiger partial charge in [-0.15, -0.1) is 0 Å². The van der Waals surface area contributed by atoms with Crippen molar-refractivity contribution >= 4 is 11.8 Å². The summed E-state index contributed by atoms with van der Waals surface area (Å²) in [5.41, 5.74) is 1.84. The molecule has 0 saturated carbocycles. The first-order valence-corrected chi connectivity index (χ1v) is 10.3. The second-order valence-electron chi connectivity index (χ2n) is 8.21. The molecule has 0 unspecified atom stereocenters. The van der Waals surface area contributed by atoms with E-state index in [1.54, 1.807) is 34.8 Å². The van der Waals surface area contributed by atoms with Crippen LogP contribution in [-0.4, -0.2) is 57.1 Å². The van der Waals surface area contributed by atoms with Crippen LogP contribution in [0.3, 0.4) is 0 Å². The summed E-state index contributed by atoms with van der Waals surface area (Å²) in [6.45, 7) is 4.34. The molecule has 154 valence electrons. The highest BCUT2D eigenvalue weighted by atomic mass is 19.1. The van der Waals surface area contributed by atoms with Crippen LogP contribution in [0, 0.1) is 11.7 Å². The van der Waals surface area contributed by atoms with Crippen molar-refractivity contribution in [3.63, 3.8) is 0 Å². The summed E-state index contributed by atoms with van der Waals surface area (Å²) in [5, 5.41) is 4.38. The Morgan fingerprint density at radius 2 is 1.76 bits per heavy atom. The Labute approximate surface area is 170 Å². The predicted molar refractivity (Wildman–Crippen MR) is 108 cm³/mol. The molecular formula is C22H27FN4O2. The zero-order valence-electron chi connectivity index (χ0n) is 17.0. The standard InChI is InChI=1S/C22H27FN4O2/c1-15-9-12-26(13-10-15)22(29)19-4-3-11-27(19)21(28)18-14-20(25(2)24-18)16-5-7-17(23)8-6-16/h5-8,14-15,19H,3-4,9-13H2,1-2H3/t19-/m1/s1. The number of piperidine rings is 1. The molecule has 0 radical (unpaired) electrons. The smallest absolute Gasteiger partial charge is 0.275 e. The Kier molecular flexibility index (Phi) is 5.39. The van der Waals surface area contributed by atoms with Crippen molar-refractivity contribution in [1.82, 2.24) is 19.6 Å². The molecule has 4 rings (SSSR count). The average molecular weight is 398 g/mol. The predicted octanol–water partition coefficient (Wildman–Crippen LogP) is 3.09. The van der Waals surface area contributed by atoms with Gasteiger partial charge in [-0.05, 0) is 67.5 Å². The second kappa shape index (κ2) is 7.97. The molecule has 0 aliphatic carbocycles. The van der Waals surface area contributed by atoms with Crippen LogP contribution in [0.2, 0.25) is 0 Å². The molecule has 2 saturated heterocycles. The lowest BCUT2D eigenvalue weighted by molar-refractivity contribution is -0.136. The van der Waals surface area contributed by atoms with Gasteiger partial charge in [0.15, 0.2) is 5.69 Å². The van der Waals surface area contributed by atoms with Gasteiger partial charge in [0.25, 0.3) is 5.91 Å². The summed E-state index contributed by atoms with van der Waals surface area (Å²) in [6.07, 6.45) is 3.57. The molecule has 7 heteroatoms. The van der Waals surface area contributed by atoms with Crippen LogP contribution in [-0.2, 0) is 11.8 Å². The van der Waals surface area contributed by atoms with Crippen LogP contribution < -0.4 is 0 Å². The summed E-state index contributed by atoms with van der Waals surface area (Å²) in [5.74, 6) is 0.198. The molecule has 0 bridgehead atoms. The van der Waals surface area contributed by atoms with E-state index in [-0.39, 0.29) is 17.6 Å². The first-order chi connectivity index (χ1) is 13.9. The number of hydrogen-bond acceptors (Lipinski definition) is 3. The molecule has 1 aromatic heterocycles. The zero-order valence-corrected chi connectivity index (χ0v) is 17.0. The fraction of sp³-hybridized carbons (Fsp3) is 0.500. The number of halogens is 1. The third-order valence-electron chi connectivity index (χ3n) is 6.13. The van der Waals surface area contributed by atoms with Crippen LogP contribution in [0.4, 0.5) is 4.39 Å². The Morgan fingerprint density at radius 1 is 1.07 bits per heavy atom. The van der Waals surface area contributed by atoms with Crippen molar-refractivity contribution in [3.8, 4) is 11.3 Å². The van der Waals surface area contributed by atoms with E-state index in [4.69, 9.17) is 0 Å². The van der Waals surface area contributed by atoms with Gasteiger partial charge in [0.1, 0.15) is 11.9 Å². The van der Waals surface area contributed by atoms with E-state index in [9.17, 15) is 14.0 Å². The number of amides is 2. The van der Waals surface area contributed by atoms with E-state index in [1.807, 2.05) is 4.90 Å². The molecule has 2 aromatic rings. The molecule has 3 heterocycles. The van der Waals surface area contributed by atoms with Gasteiger partial charge in [-0.25, -0.2) is 4.39 Å². The van der Waals surface area contributed by atoms with E-state index < -0.39 is 6.04 Å². The van der Waals surface area contributed by atoms with Gasteiger partial charge < -0.3 is 9.80 Å². The Bertz CT molecular complexity index is 900. The lowest BCUT2D eigenvalue weighted by Gasteiger charge is -2.34. The molecule has 2 fully saturated rings. The van der Waals surface area contributed by atoms with Crippen molar-refractivity contribution in [3.05, 3.63) is 41.8 Å². The highest BCUT2D eigenvalue weighted by molar-refractivity contribution is 5.97. The maximum absolute atomic E-state index is 13.2. The fourth-order valence-corrected chi connectivity index (χ4v) is 4.32. The summed E-state index contributed by atoms with van der Waals surface area (Å²) >= 11 is 0. The van der Waals surface area contributed by atoms with Gasteiger partial charge in [0.2, 0.25) is 5.91 Å². The molecule has 2 amide bonds. The quantitative estimate of drug-likeness (QED) is 0.798. The fourth-order valence-electron chi connectivity index (χ4n) is 4.32. The van der Waals surface area contributed by atoms with Crippen molar-refractivity contribution in [2.75, 3.05) is 19.6 Å². The van der Waals surface area contributed by atoms with Crippen LogP contribution >= 0.6 is 0 Å². The number of rotatable bonds is 3. The van der Waals surface area contributed by atoms with Crippen molar-refractivity contribution in [2.24, 2.45) is 13.0 Å². The number of nitrogens with zero attached hydrogens (tertiary/aromatic N) is 4. The summed E-state index contributed by atoms with van der Waals surface area (Å²) in [6, 6.07) is 7.43. The lowest BCUT2D eigenvalue weighted by Crippen LogP contribution is -2.49. The number of benzene rings is 1. The highest BCUT2D eigenvalue weighted by Gasteiger charge is 2.38. The highest BCUT2D eigenvalue weighted by Crippen LogP contribution is 2.26. The van der Waals surface area contributed by atoms with Crippen LogP contribution in [0.1, 0.15) is 43.1 Å². The van der Waals surface area contributed by atoms with Gasteiger partial charge in [0.05, 0.1) is 5.69 Å². The molecule has 29 heavy (non-hydrogen) atoms. The number of aryl methyl sites for hydroxylation is 1. The minimum atomic E-state index is -0.396. The number of carbonyl (C=O) groups is 2. The minimum Gasteiger partial charge on any atom is -0.341 e. The molecule has 6 nitrogen and oxygen atoms in total. The Balaban J connectivity index is 1.52. The van der Waals surface area contributed by atoms with Crippen LogP contribution in [0.15, 0.2) is 30.3 Å². The average Bonchev–Trinajstić information content (AvgIpc) is 3.35. The number of hydrogen-bond donors (Lipinski definition) is 0. The molecule has 2 aliphatic heterocycles. The van der Waals surface area contributed by atoms with E-state index in [1.165, 1.54) is 12.1 Å². The maximum Gasteiger partial charge on any atom is 0.275 e. The number of carbonyl (C=O) groups excluding carboxylic acids is 2. The Hall–Kier alpha value is -2.70. The van der Waals surface area contributed by atoms with Crippen molar-refractivity contribution in [2.45, 2.75) is 38.6 Å². The third kappa shape index (κ3) is 3.91. The Morgan fingerprint density at radius 3 is 2.45 bits per heavy atom. The van der Waals surface area contributed by atoms with E-state index in [0.29, 0.717) is 24.6 Å². The molecular weight excluding hydrogens is 371 g/mol. The molecule has 0 N–H and O–H groups in total. The molecule has 1 atom stereocenters.